The molecule has 5 nitrogen and oxygen atoms in total. The Kier molecular flexibility index (Phi) is 7.59. The average Bonchev–Trinajstić information content (AvgIpc) is 2.39. The van der Waals surface area contributed by atoms with Gasteiger partial charge in [0.05, 0.1) is 12.5 Å². The summed E-state index contributed by atoms with van der Waals surface area (Å²) in [4.78, 5) is 23.5. The van der Waals surface area contributed by atoms with E-state index in [0.717, 1.165) is 32.2 Å². The van der Waals surface area contributed by atoms with Gasteiger partial charge in [-0.15, -0.1) is 0 Å². The number of carbonyl (C=O) groups is 2. The van der Waals surface area contributed by atoms with Crippen LogP contribution >= 0.6 is 0 Å². The van der Waals surface area contributed by atoms with Crippen molar-refractivity contribution in [3.05, 3.63) is 0 Å². The summed E-state index contributed by atoms with van der Waals surface area (Å²) in [6.07, 6.45) is 3.86. The molecule has 0 aromatic rings. The number of rotatable bonds is 7. The second-order valence-corrected chi connectivity index (χ2v) is 5.53. The van der Waals surface area contributed by atoms with Crippen LogP contribution in [0.2, 0.25) is 0 Å². The monoisotopic (exact) mass is 284 g/mol. The third-order valence-corrected chi connectivity index (χ3v) is 3.76. The molecule has 0 aromatic heterocycles. The molecule has 0 bridgehead atoms. The maximum Gasteiger partial charge on any atom is 0.308 e. The van der Waals surface area contributed by atoms with Crippen molar-refractivity contribution in [1.82, 2.24) is 10.6 Å². The summed E-state index contributed by atoms with van der Waals surface area (Å²) >= 11 is 0. The molecule has 1 atom stereocenters. The molecular weight excluding hydrogens is 256 g/mol. The van der Waals surface area contributed by atoms with Gasteiger partial charge in [0.25, 0.3) is 0 Å². The first-order valence-corrected chi connectivity index (χ1v) is 7.76. The summed E-state index contributed by atoms with van der Waals surface area (Å²) in [5.41, 5.74) is 0. The minimum Gasteiger partial charge on any atom is -0.466 e. The van der Waals surface area contributed by atoms with Crippen LogP contribution in [0, 0.1) is 5.92 Å². The normalized spacial score (nSPS) is 23.9. The van der Waals surface area contributed by atoms with Crippen molar-refractivity contribution < 1.29 is 14.3 Å². The van der Waals surface area contributed by atoms with E-state index in [9.17, 15) is 9.59 Å². The highest BCUT2D eigenvalue weighted by Crippen LogP contribution is 2.25. The predicted octanol–water partition coefficient (Wildman–Crippen LogP) is 1.61. The first-order chi connectivity index (χ1) is 9.56. The number of carbonyl (C=O) groups excluding carboxylic acids is 2. The number of ether oxygens (including phenoxy) is 1. The lowest BCUT2D eigenvalue weighted by molar-refractivity contribution is -0.149. The Labute approximate surface area is 121 Å². The van der Waals surface area contributed by atoms with Gasteiger partial charge in [0.2, 0.25) is 5.91 Å². The van der Waals surface area contributed by atoms with Crippen molar-refractivity contribution >= 4 is 11.9 Å². The van der Waals surface area contributed by atoms with Crippen molar-refractivity contribution in [1.29, 1.82) is 0 Å². The number of nitrogens with one attached hydrogen (secondary N) is 2. The fourth-order valence-corrected chi connectivity index (χ4v) is 2.72. The Hall–Kier alpha value is -1.10. The van der Waals surface area contributed by atoms with E-state index >= 15 is 0 Å². The van der Waals surface area contributed by atoms with Crippen molar-refractivity contribution in [2.24, 2.45) is 5.92 Å². The maximum atomic E-state index is 11.9. The van der Waals surface area contributed by atoms with Crippen LogP contribution in [0.5, 0.6) is 0 Å². The van der Waals surface area contributed by atoms with Gasteiger partial charge in [-0.25, -0.2) is 0 Å². The molecule has 0 spiro atoms. The van der Waals surface area contributed by atoms with E-state index in [1.54, 1.807) is 0 Å². The first kappa shape index (κ1) is 17.0. The number of amides is 1. The average molecular weight is 284 g/mol. The van der Waals surface area contributed by atoms with Crippen LogP contribution in [0.15, 0.2) is 0 Å². The van der Waals surface area contributed by atoms with Crippen LogP contribution in [0.3, 0.4) is 0 Å². The smallest absolute Gasteiger partial charge is 0.308 e. The van der Waals surface area contributed by atoms with Crippen molar-refractivity contribution in [2.45, 2.75) is 65.0 Å². The number of hydrogen-bond donors (Lipinski definition) is 2. The van der Waals surface area contributed by atoms with Crippen LogP contribution in [0.4, 0.5) is 0 Å². The third kappa shape index (κ3) is 5.90. The topological polar surface area (TPSA) is 67.4 Å². The van der Waals surface area contributed by atoms with E-state index in [-0.39, 0.29) is 29.9 Å². The summed E-state index contributed by atoms with van der Waals surface area (Å²) in [5.74, 6) is 0.0277. The van der Waals surface area contributed by atoms with E-state index in [2.05, 4.69) is 10.6 Å². The molecular formula is C15H28N2O3. The van der Waals surface area contributed by atoms with E-state index in [1.165, 1.54) is 0 Å². The molecule has 116 valence electrons. The van der Waals surface area contributed by atoms with Gasteiger partial charge in [0.1, 0.15) is 0 Å². The molecule has 1 saturated carbocycles. The summed E-state index contributed by atoms with van der Waals surface area (Å²) < 4.78 is 5.04. The molecule has 1 rings (SSSR count). The van der Waals surface area contributed by atoms with E-state index in [0.29, 0.717) is 13.0 Å². The van der Waals surface area contributed by atoms with Gasteiger partial charge in [-0.2, -0.15) is 0 Å². The largest absolute Gasteiger partial charge is 0.466 e. The van der Waals surface area contributed by atoms with Crippen molar-refractivity contribution in [3.63, 3.8) is 0 Å². The maximum absolute atomic E-state index is 11.9. The molecule has 0 saturated heterocycles. The van der Waals surface area contributed by atoms with Gasteiger partial charge in [-0.1, -0.05) is 6.92 Å². The van der Waals surface area contributed by atoms with E-state index in [4.69, 9.17) is 4.74 Å². The summed E-state index contributed by atoms with van der Waals surface area (Å²) in [6, 6.07) is 0.415. The summed E-state index contributed by atoms with van der Waals surface area (Å²) in [6.45, 7) is 7.19. The van der Waals surface area contributed by atoms with E-state index < -0.39 is 0 Å². The lowest BCUT2D eigenvalue weighted by Crippen LogP contribution is -2.41. The second kappa shape index (κ2) is 8.95. The Morgan fingerprint density at radius 3 is 2.40 bits per heavy atom. The SMILES string of the molecule is CCNC(C)CC(=O)NC1CCC(C(=O)OCC)CC1. The molecule has 1 unspecified atom stereocenters. The first-order valence-electron chi connectivity index (χ1n) is 7.76. The van der Waals surface area contributed by atoms with Gasteiger partial charge in [-0.3, -0.25) is 9.59 Å². The molecule has 20 heavy (non-hydrogen) atoms. The molecule has 0 radical (unpaired) electrons. The quantitative estimate of drug-likeness (QED) is 0.697. The number of hydrogen-bond acceptors (Lipinski definition) is 4. The molecule has 1 fully saturated rings. The fraction of sp³-hybridized carbons (Fsp3) is 0.867. The zero-order valence-corrected chi connectivity index (χ0v) is 12.9. The highest BCUT2D eigenvalue weighted by atomic mass is 16.5. The molecule has 5 heteroatoms. The Morgan fingerprint density at radius 2 is 1.85 bits per heavy atom. The highest BCUT2D eigenvalue weighted by molar-refractivity contribution is 5.77. The molecule has 0 heterocycles. The van der Waals surface area contributed by atoms with Gasteiger partial charge in [0, 0.05) is 18.5 Å². The van der Waals surface area contributed by atoms with Gasteiger partial charge >= 0.3 is 5.97 Å². The second-order valence-electron chi connectivity index (χ2n) is 5.53. The summed E-state index contributed by atoms with van der Waals surface area (Å²) in [7, 11) is 0. The van der Waals surface area contributed by atoms with Crippen LogP contribution in [0.25, 0.3) is 0 Å². The third-order valence-electron chi connectivity index (χ3n) is 3.76. The molecule has 1 amide bonds. The fourth-order valence-electron chi connectivity index (χ4n) is 2.72. The van der Waals surface area contributed by atoms with Gasteiger partial charge < -0.3 is 15.4 Å². The number of esters is 1. The van der Waals surface area contributed by atoms with Crippen LogP contribution < -0.4 is 10.6 Å². The lowest BCUT2D eigenvalue weighted by Gasteiger charge is -2.28. The standard InChI is InChI=1S/C15H28N2O3/c1-4-16-11(3)10-14(18)17-13-8-6-12(7-9-13)15(19)20-5-2/h11-13,16H,4-10H2,1-3H3,(H,17,18). The zero-order valence-electron chi connectivity index (χ0n) is 12.9. The van der Waals surface area contributed by atoms with Crippen molar-refractivity contribution in [2.75, 3.05) is 13.2 Å². The van der Waals surface area contributed by atoms with Gasteiger partial charge in [0.15, 0.2) is 0 Å². The van der Waals surface area contributed by atoms with Crippen molar-refractivity contribution in [3.8, 4) is 0 Å². The van der Waals surface area contributed by atoms with Gasteiger partial charge in [-0.05, 0) is 46.1 Å². The van der Waals surface area contributed by atoms with Crippen LogP contribution in [-0.4, -0.2) is 37.1 Å². The Balaban J connectivity index is 2.25. The minimum absolute atomic E-state index is 0.0174. The Bertz CT molecular complexity index is 312. The molecule has 0 aliphatic heterocycles. The Morgan fingerprint density at radius 1 is 1.20 bits per heavy atom. The minimum atomic E-state index is -0.0851. The van der Waals surface area contributed by atoms with Crippen LogP contribution in [0.1, 0.15) is 52.9 Å². The molecule has 2 N–H and O–H groups in total. The predicted molar refractivity (Wildman–Crippen MR) is 78.3 cm³/mol. The van der Waals surface area contributed by atoms with Crippen LogP contribution in [-0.2, 0) is 14.3 Å². The molecule has 1 aliphatic rings. The zero-order chi connectivity index (χ0) is 15.0. The highest BCUT2D eigenvalue weighted by Gasteiger charge is 2.27. The van der Waals surface area contributed by atoms with E-state index in [1.807, 2.05) is 20.8 Å². The molecule has 1 aliphatic carbocycles. The molecule has 0 aromatic carbocycles. The summed E-state index contributed by atoms with van der Waals surface area (Å²) in [5, 5.41) is 6.30. The lowest BCUT2D eigenvalue weighted by atomic mass is 9.86.